The van der Waals surface area contributed by atoms with Crippen LogP contribution in [-0.4, -0.2) is 51.0 Å². The summed E-state index contributed by atoms with van der Waals surface area (Å²) in [4.78, 5) is 5.04. The van der Waals surface area contributed by atoms with Crippen LogP contribution in [0.25, 0.3) is 11.4 Å². The maximum absolute atomic E-state index is 5.64. The summed E-state index contributed by atoms with van der Waals surface area (Å²) in [5, 5.41) is 9.66. The van der Waals surface area contributed by atoms with E-state index in [9.17, 15) is 0 Å². The minimum atomic E-state index is 0.280. The molecule has 3 aliphatic rings. The third-order valence-electron chi connectivity index (χ3n) is 6.08. The summed E-state index contributed by atoms with van der Waals surface area (Å²) in [5.41, 5.74) is 2.48. The van der Waals surface area contributed by atoms with E-state index in [-0.39, 0.29) is 6.04 Å². The third-order valence-corrected chi connectivity index (χ3v) is 6.08. The molecule has 7 heteroatoms. The molecule has 5 heterocycles. The van der Waals surface area contributed by atoms with Crippen molar-refractivity contribution in [2.45, 2.75) is 63.5 Å². The van der Waals surface area contributed by atoms with Gasteiger partial charge in [-0.15, -0.1) is 0 Å². The van der Waals surface area contributed by atoms with Crippen molar-refractivity contribution in [2.75, 3.05) is 26.4 Å². The van der Waals surface area contributed by atoms with Gasteiger partial charge in [-0.25, -0.2) is 9.67 Å². The largest absolute Gasteiger partial charge is 0.381 e. The predicted molar refractivity (Wildman–Crippen MR) is 96.2 cm³/mol. The van der Waals surface area contributed by atoms with E-state index in [2.05, 4.69) is 21.4 Å². The van der Waals surface area contributed by atoms with Gasteiger partial charge in [-0.05, 0) is 45.4 Å². The Kier molecular flexibility index (Phi) is 4.29. The van der Waals surface area contributed by atoms with Crippen LogP contribution in [0.4, 0.5) is 0 Å². The van der Waals surface area contributed by atoms with Crippen LogP contribution in [0.1, 0.15) is 68.5 Å². The molecule has 2 aromatic heterocycles. The molecular weight excluding hydrogens is 330 g/mol. The van der Waals surface area contributed by atoms with Crippen molar-refractivity contribution < 1.29 is 9.47 Å². The lowest BCUT2D eigenvalue weighted by atomic mass is 10.00. The summed E-state index contributed by atoms with van der Waals surface area (Å²) in [7, 11) is 0. The quantitative estimate of drug-likeness (QED) is 0.845. The molecule has 0 amide bonds. The SMILES string of the molecule is CC1CCCc2c(-c3nc(C4CCOCC4)nn3C3CCOC3)cnn21. The highest BCUT2D eigenvalue weighted by Crippen LogP contribution is 2.35. The van der Waals surface area contributed by atoms with Gasteiger partial charge in [0, 0.05) is 37.5 Å². The highest BCUT2D eigenvalue weighted by molar-refractivity contribution is 5.58. The fourth-order valence-electron chi connectivity index (χ4n) is 4.51. The Bertz CT molecular complexity index is 771. The summed E-state index contributed by atoms with van der Waals surface area (Å²) in [6.45, 7) is 5.40. The fraction of sp³-hybridized carbons (Fsp3) is 0.737. The first-order valence-electron chi connectivity index (χ1n) is 10.00. The van der Waals surface area contributed by atoms with Crippen LogP contribution in [0, 0.1) is 0 Å². The van der Waals surface area contributed by atoms with Crippen molar-refractivity contribution >= 4 is 0 Å². The summed E-state index contributed by atoms with van der Waals surface area (Å²) >= 11 is 0. The monoisotopic (exact) mass is 357 g/mol. The maximum Gasteiger partial charge on any atom is 0.162 e. The lowest BCUT2D eigenvalue weighted by molar-refractivity contribution is 0.0835. The molecule has 26 heavy (non-hydrogen) atoms. The molecule has 5 rings (SSSR count). The number of fused-ring (bicyclic) bond motifs is 1. The maximum atomic E-state index is 5.64. The van der Waals surface area contributed by atoms with Crippen LogP contribution in [0.15, 0.2) is 6.20 Å². The van der Waals surface area contributed by atoms with Gasteiger partial charge in [0.15, 0.2) is 11.6 Å². The highest BCUT2D eigenvalue weighted by Gasteiger charge is 2.30. The molecule has 7 nitrogen and oxygen atoms in total. The minimum absolute atomic E-state index is 0.280. The van der Waals surface area contributed by atoms with Crippen molar-refractivity contribution in [1.82, 2.24) is 24.5 Å². The van der Waals surface area contributed by atoms with Gasteiger partial charge in [0.1, 0.15) is 0 Å². The Morgan fingerprint density at radius 1 is 1.04 bits per heavy atom. The summed E-state index contributed by atoms with van der Waals surface area (Å²) in [6, 6.07) is 0.747. The van der Waals surface area contributed by atoms with E-state index in [1.54, 1.807) is 0 Å². The van der Waals surface area contributed by atoms with Crippen LogP contribution in [0.2, 0.25) is 0 Å². The number of rotatable bonds is 3. The average Bonchev–Trinajstić information content (AvgIpc) is 3.41. The lowest BCUT2D eigenvalue weighted by Gasteiger charge is -2.21. The van der Waals surface area contributed by atoms with Gasteiger partial charge in [-0.3, -0.25) is 4.68 Å². The minimum Gasteiger partial charge on any atom is -0.381 e. The predicted octanol–water partition coefficient (Wildman–Crippen LogP) is 2.89. The Hall–Kier alpha value is -1.73. The van der Waals surface area contributed by atoms with Crippen LogP contribution >= 0.6 is 0 Å². The van der Waals surface area contributed by atoms with Gasteiger partial charge in [-0.1, -0.05) is 0 Å². The molecule has 0 spiro atoms. The van der Waals surface area contributed by atoms with E-state index in [0.717, 1.165) is 69.3 Å². The molecule has 0 bridgehead atoms. The van der Waals surface area contributed by atoms with E-state index < -0.39 is 0 Å². The molecule has 2 fully saturated rings. The fourth-order valence-corrected chi connectivity index (χ4v) is 4.51. The summed E-state index contributed by atoms with van der Waals surface area (Å²) in [6.07, 6.45) is 8.50. The van der Waals surface area contributed by atoms with Gasteiger partial charge >= 0.3 is 0 Å². The Morgan fingerprint density at radius 2 is 1.88 bits per heavy atom. The molecule has 3 aliphatic heterocycles. The molecule has 140 valence electrons. The molecular formula is C19H27N5O2. The molecule has 0 saturated carbocycles. The third kappa shape index (κ3) is 2.77. The Balaban J connectivity index is 1.57. The van der Waals surface area contributed by atoms with Crippen LogP contribution in [-0.2, 0) is 15.9 Å². The zero-order chi connectivity index (χ0) is 17.5. The number of nitrogens with zero attached hydrogens (tertiary/aromatic N) is 5. The van der Waals surface area contributed by atoms with Crippen LogP contribution < -0.4 is 0 Å². The Labute approximate surface area is 153 Å². The van der Waals surface area contributed by atoms with E-state index in [0.29, 0.717) is 12.0 Å². The van der Waals surface area contributed by atoms with E-state index in [1.807, 2.05) is 6.20 Å². The zero-order valence-corrected chi connectivity index (χ0v) is 15.4. The molecule has 2 saturated heterocycles. The Morgan fingerprint density at radius 3 is 2.69 bits per heavy atom. The number of ether oxygens (including phenoxy) is 2. The smallest absolute Gasteiger partial charge is 0.162 e. The number of hydrogen-bond acceptors (Lipinski definition) is 5. The summed E-state index contributed by atoms with van der Waals surface area (Å²) in [5.74, 6) is 2.35. The van der Waals surface area contributed by atoms with Gasteiger partial charge < -0.3 is 9.47 Å². The second-order valence-corrected chi connectivity index (χ2v) is 7.83. The highest BCUT2D eigenvalue weighted by atomic mass is 16.5. The van der Waals surface area contributed by atoms with Crippen molar-refractivity contribution in [3.05, 3.63) is 17.7 Å². The van der Waals surface area contributed by atoms with Crippen molar-refractivity contribution in [1.29, 1.82) is 0 Å². The number of hydrogen-bond donors (Lipinski definition) is 0. The van der Waals surface area contributed by atoms with Crippen LogP contribution in [0.3, 0.4) is 0 Å². The molecule has 2 aromatic rings. The van der Waals surface area contributed by atoms with Gasteiger partial charge in [0.05, 0.1) is 24.4 Å². The summed E-state index contributed by atoms with van der Waals surface area (Å²) < 4.78 is 15.5. The lowest BCUT2D eigenvalue weighted by Crippen LogP contribution is -2.17. The average molecular weight is 357 g/mol. The molecule has 0 aliphatic carbocycles. The first-order valence-corrected chi connectivity index (χ1v) is 10.00. The normalized spacial score (nSPS) is 27.0. The second-order valence-electron chi connectivity index (χ2n) is 7.83. The molecule has 2 unspecified atom stereocenters. The second kappa shape index (κ2) is 6.78. The van der Waals surface area contributed by atoms with Crippen LogP contribution in [0.5, 0.6) is 0 Å². The van der Waals surface area contributed by atoms with Gasteiger partial charge in [0.2, 0.25) is 0 Å². The van der Waals surface area contributed by atoms with Gasteiger partial charge in [0.25, 0.3) is 0 Å². The van der Waals surface area contributed by atoms with E-state index in [1.165, 1.54) is 18.5 Å². The van der Waals surface area contributed by atoms with E-state index in [4.69, 9.17) is 19.6 Å². The molecule has 0 radical (unpaired) electrons. The zero-order valence-electron chi connectivity index (χ0n) is 15.4. The first-order chi connectivity index (χ1) is 12.8. The number of aromatic nitrogens is 5. The molecule has 0 N–H and O–H groups in total. The first kappa shape index (κ1) is 16.4. The topological polar surface area (TPSA) is 67.0 Å². The molecule has 0 aromatic carbocycles. The van der Waals surface area contributed by atoms with Crippen molar-refractivity contribution in [3.8, 4) is 11.4 Å². The molecule has 2 atom stereocenters. The van der Waals surface area contributed by atoms with Crippen molar-refractivity contribution in [3.63, 3.8) is 0 Å². The standard InChI is InChI=1S/C19H27N5O2/c1-13-3-2-4-17-16(11-20-23(13)17)19-21-18(14-5-8-25-9-6-14)22-24(19)15-7-10-26-12-15/h11,13-15H,2-10,12H2,1H3. The van der Waals surface area contributed by atoms with Gasteiger partial charge in [-0.2, -0.15) is 10.2 Å². The van der Waals surface area contributed by atoms with E-state index >= 15 is 0 Å². The van der Waals surface area contributed by atoms with Crippen molar-refractivity contribution in [2.24, 2.45) is 0 Å².